The molecule has 1 heterocycles. The summed E-state index contributed by atoms with van der Waals surface area (Å²) in [5.41, 5.74) is 1.83. The van der Waals surface area contributed by atoms with E-state index >= 15 is 0 Å². The summed E-state index contributed by atoms with van der Waals surface area (Å²) >= 11 is 0. The topological polar surface area (TPSA) is 42.4 Å². The second-order valence-electron chi connectivity index (χ2n) is 4.01. The van der Waals surface area contributed by atoms with Crippen LogP contribution in [0.5, 0.6) is 11.5 Å². The molecule has 1 N–H and O–H groups in total. The fourth-order valence-corrected chi connectivity index (χ4v) is 1.44. The van der Waals surface area contributed by atoms with E-state index in [2.05, 4.69) is 4.98 Å². The minimum atomic E-state index is -0.552. The van der Waals surface area contributed by atoms with Crippen molar-refractivity contribution in [2.75, 3.05) is 0 Å². The first-order valence-corrected chi connectivity index (χ1v) is 5.54. The molecule has 0 aliphatic carbocycles. The molecular weight excluding hydrogens is 214 g/mol. The highest BCUT2D eigenvalue weighted by Gasteiger charge is 2.03. The van der Waals surface area contributed by atoms with E-state index in [1.54, 1.807) is 25.3 Å². The third-order valence-corrected chi connectivity index (χ3v) is 2.44. The molecule has 2 aromatic rings. The molecule has 0 unspecified atom stereocenters. The Balaban J connectivity index is 2.11. The van der Waals surface area contributed by atoms with Gasteiger partial charge in [-0.25, -0.2) is 0 Å². The smallest absolute Gasteiger partial charge is 0.145 e. The van der Waals surface area contributed by atoms with Crippen LogP contribution in [0.3, 0.4) is 0 Å². The van der Waals surface area contributed by atoms with Crippen LogP contribution in [0.4, 0.5) is 0 Å². The van der Waals surface area contributed by atoms with E-state index in [4.69, 9.17) is 4.74 Å². The first-order chi connectivity index (χ1) is 8.15. The molecule has 0 radical (unpaired) electrons. The summed E-state index contributed by atoms with van der Waals surface area (Å²) < 4.78 is 5.62. The second-order valence-corrected chi connectivity index (χ2v) is 4.01. The maximum atomic E-state index is 9.33. The normalized spacial score (nSPS) is 12.2. The first kappa shape index (κ1) is 11.6. The third-order valence-electron chi connectivity index (χ3n) is 2.44. The monoisotopic (exact) mass is 229 g/mol. The van der Waals surface area contributed by atoms with E-state index in [0.29, 0.717) is 11.4 Å². The lowest BCUT2D eigenvalue weighted by Crippen LogP contribution is -1.95. The van der Waals surface area contributed by atoms with E-state index in [1.165, 1.54) is 5.56 Å². The number of benzene rings is 1. The lowest BCUT2D eigenvalue weighted by atomic mass is 10.2. The predicted molar refractivity (Wildman–Crippen MR) is 66.1 cm³/mol. The zero-order chi connectivity index (χ0) is 12.3. The van der Waals surface area contributed by atoms with Gasteiger partial charge in [0.05, 0.1) is 18.0 Å². The number of ether oxygens (including phenoxy) is 1. The van der Waals surface area contributed by atoms with Crippen molar-refractivity contribution >= 4 is 0 Å². The van der Waals surface area contributed by atoms with Crippen LogP contribution < -0.4 is 4.74 Å². The van der Waals surface area contributed by atoms with Crippen molar-refractivity contribution in [1.82, 2.24) is 4.98 Å². The number of aliphatic hydroxyl groups excluding tert-OH is 1. The van der Waals surface area contributed by atoms with E-state index in [0.717, 1.165) is 5.75 Å². The first-order valence-electron chi connectivity index (χ1n) is 5.54. The minimum absolute atomic E-state index is 0.552. The molecule has 0 saturated heterocycles. The number of pyridine rings is 1. The van der Waals surface area contributed by atoms with Crippen LogP contribution >= 0.6 is 0 Å². The van der Waals surface area contributed by atoms with E-state index < -0.39 is 6.10 Å². The van der Waals surface area contributed by atoms with E-state index in [1.807, 2.05) is 31.2 Å². The number of aromatic nitrogens is 1. The number of hydrogen-bond acceptors (Lipinski definition) is 3. The molecular formula is C14H15NO2. The van der Waals surface area contributed by atoms with Gasteiger partial charge < -0.3 is 9.84 Å². The van der Waals surface area contributed by atoms with Gasteiger partial charge in [-0.3, -0.25) is 4.98 Å². The van der Waals surface area contributed by atoms with Gasteiger partial charge in [-0.2, -0.15) is 0 Å². The van der Waals surface area contributed by atoms with Gasteiger partial charge in [0.15, 0.2) is 0 Å². The van der Waals surface area contributed by atoms with Crippen molar-refractivity contribution in [2.45, 2.75) is 20.0 Å². The SMILES string of the molecule is Cc1ccc(Oc2ccc([C@H](C)O)nc2)cc1. The Morgan fingerprint density at radius 1 is 1.06 bits per heavy atom. The summed E-state index contributed by atoms with van der Waals surface area (Å²) in [7, 11) is 0. The summed E-state index contributed by atoms with van der Waals surface area (Å²) in [4.78, 5) is 4.12. The highest BCUT2D eigenvalue weighted by molar-refractivity contribution is 5.32. The van der Waals surface area contributed by atoms with Gasteiger partial charge in [0.2, 0.25) is 0 Å². The fraction of sp³-hybridized carbons (Fsp3) is 0.214. The van der Waals surface area contributed by atoms with E-state index in [-0.39, 0.29) is 0 Å². The molecule has 1 aromatic heterocycles. The Labute approximate surface area is 101 Å². The van der Waals surface area contributed by atoms with Crippen LogP contribution in [0, 0.1) is 6.92 Å². The molecule has 17 heavy (non-hydrogen) atoms. The molecule has 0 bridgehead atoms. The molecule has 0 aliphatic rings. The molecule has 3 heteroatoms. The van der Waals surface area contributed by atoms with Crippen molar-refractivity contribution < 1.29 is 9.84 Å². The molecule has 0 saturated carbocycles. The molecule has 0 spiro atoms. The average molecular weight is 229 g/mol. The molecule has 2 rings (SSSR count). The Morgan fingerprint density at radius 2 is 1.71 bits per heavy atom. The van der Waals surface area contributed by atoms with Crippen molar-refractivity contribution in [1.29, 1.82) is 0 Å². The summed E-state index contributed by atoms with van der Waals surface area (Å²) in [5.74, 6) is 1.44. The quantitative estimate of drug-likeness (QED) is 0.878. The largest absolute Gasteiger partial charge is 0.456 e. The summed E-state index contributed by atoms with van der Waals surface area (Å²) in [6.45, 7) is 3.71. The van der Waals surface area contributed by atoms with Gasteiger partial charge in [0.25, 0.3) is 0 Å². The van der Waals surface area contributed by atoms with Gasteiger partial charge in [-0.05, 0) is 38.1 Å². The van der Waals surface area contributed by atoms with Crippen molar-refractivity contribution in [3.63, 3.8) is 0 Å². The Kier molecular flexibility index (Phi) is 3.40. The Bertz CT molecular complexity index is 475. The van der Waals surface area contributed by atoms with Gasteiger partial charge in [0.1, 0.15) is 11.5 Å². The van der Waals surface area contributed by atoms with Crippen LogP contribution in [0.2, 0.25) is 0 Å². The summed E-state index contributed by atoms with van der Waals surface area (Å²) in [6, 6.07) is 11.4. The van der Waals surface area contributed by atoms with Gasteiger partial charge in [0, 0.05) is 0 Å². The van der Waals surface area contributed by atoms with Gasteiger partial charge in [-0.15, -0.1) is 0 Å². The van der Waals surface area contributed by atoms with Crippen LogP contribution in [0.15, 0.2) is 42.6 Å². The third kappa shape index (κ3) is 3.04. The van der Waals surface area contributed by atoms with E-state index in [9.17, 15) is 5.11 Å². The number of aliphatic hydroxyl groups is 1. The maximum absolute atomic E-state index is 9.33. The molecule has 1 atom stereocenters. The van der Waals surface area contributed by atoms with Crippen LogP contribution in [-0.2, 0) is 0 Å². The summed E-state index contributed by atoms with van der Waals surface area (Å²) in [5, 5.41) is 9.33. The lowest BCUT2D eigenvalue weighted by Gasteiger charge is -2.07. The van der Waals surface area contributed by atoms with Crippen molar-refractivity contribution in [3.05, 3.63) is 53.9 Å². The van der Waals surface area contributed by atoms with Crippen LogP contribution in [-0.4, -0.2) is 10.1 Å². The number of aryl methyl sites for hydroxylation is 1. The maximum Gasteiger partial charge on any atom is 0.145 e. The zero-order valence-electron chi connectivity index (χ0n) is 9.92. The Hall–Kier alpha value is -1.87. The molecule has 0 amide bonds. The molecule has 0 aliphatic heterocycles. The van der Waals surface area contributed by atoms with Gasteiger partial charge in [-0.1, -0.05) is 17.7 Å². The van der Waals surface area contributed by atoms with Crippen molar-refractivity contribution in [3.8, 4) is 11.5 Å². The molecule has 0 fully saturated rings. The number of nitrogens with zero attached hydrogens (tertiary/aromatic N) is 1. The molecule has 88 valence electrons. The average Bonchev–Trinajstić information content (AvgIpc) is 2.33. The predicted octanol–water partition coefficient (Wildman–Crippen LogP) is 3.24. The molecule has 3 nitrogen and oxygen atoms in total. The van der Waals surface area contributed by atoms with Gasteiger partial charge >= 0.3 is 0 Å². The Morgan fingerprint density at radius 3 is 2.24 bits per heavy atom. The number of rotatable bonds is 3. The molecule has 1 aromatic carbocycles. The highest BCUT2D eigenvalue weighted by Crippen LogP contribution is 2.21. The zero-order valence-corrected chi connectivity index (χ0v) is 9.92. The standard InChI is InChI=1S/C14H15NO2/c1-10-3-5-12(6-4-10)17-13-7-8-14(11(2)16)15-9-13/h3-9,11,16H,1-2H3/t11-/m0/s1. The van der Waals surface area contributed by atoms with Crippen LogP contribution in [0.1, 0.15) is 24.3 Å². The number of hydrogen-bond donors (Lipinski definition) is 1. The minimum Gasteiger partial charge on any atom is -0.456 e. The fourth-order valence-electron chi connectivity index (χ4n) is 1.44. The van der Waals surface area contributed by atoms with Crippen LogP contribution in [0.25, 0.3) is 0 Å². The summed E-state index contributed by atoms with van der Waals surface area (Å²) in [6.07, 6.45) is 1.06. The van der Waals surface area contributed by atoms with Crippen molar-refractivity contribution in [2.24, 2.45) is 0 Å². The lowest BCUT2D eigenvalue weighted by molar-refractivity contribution is 0.194. The second kappa shape index (κ2) is 4.97. The highest BCUT2D eigenvalue weighted by atomic mass is 16.5.